The smallest absolute Gasteiger partial charge is 0.283 e. The molecule has 3 aromatic rings. The van der Waals surface area contributed by atoms with Crippen LogP contribution in [0.2, 0.25) is 0 Å². The summed E-state index contributed by atoms with van der Waals surface area (Å²) in [6.07, 6.45) is 0. The fourth-order valence-corrected chi connectivity index (χ4v) is 4.40. The third-order valence-corrected chi connectivity index (χ3v) is 6.10. The molecule has 0 unspecified atom stereocenters. The number of carbonyl (C=O) groups is 2. The molecule has 0 radical (unpaired) electrons. The van der Waals surface area contributed by atoms with Crippen molar-refractivity contribution in [1.82, 2.24) is 9.97 Å². The third-order valence-electron chi connectivity index (χ3n) is 5.15. The molecule has 0 fully saturated rings. The summed E-state index contributed by atoms with van der Waals surface area (Å²) in [6, 6.07) is 13.2. The van der Waals surface area contributed by atoms with Gasteiger partial charge in [0.1, 0.15) is 16.4 Å². The number of carbonyl (C=O) groups excluding carboxylic acids is 2. The van der Waals surface area contributed by atoms with Gasteiger partial charge in [0.15, 0.2) is 5.16 Å². The van der Waals surface area contributed by atoms with E-state index < -0.39 is 17.6 Å². The largest absolute Gasteiger partial charge is 0.350 e. The first-order valence-corrected chi connectivity index (χ1v) is 10.8. The molecule has 6 nitrogen and oxygen atoms in total. The highest BCUT2D eigenvalue weighted by Crippen LogP contribution is 2.38. The number of aromatic nitrogens is 2. The molecular weight excluding hydrogens is 427 g/mol. The first-order valence-electron chi connectivity index (χ1n) is 9.97. The number of para-hydroxylation sites is 1. The van der Waals surface area contributed by atoms with Gasteiger partial charge in [-0.3, -0.25) is 9.59 Å². The van der Waals surface area contributed by atoms with Crippen molar-refractivity contribution >= 4 is 35.0 Å². The van der Waals surface area contributed by atoms with E-state index in [9.17, 15) is 14.0 Å². The minimum absolute atomic E-state index is 0.0692. The molecule has 2 aromatic carbocycles. The predicted molar refractivity (Wildman–Crippen MR) is 123 cm³/mol. The quantitative estimate of drug-likeness (QED) is 0.445. The van der Waals surface area contributed by atoms with Crippen LogP contribution >= 0.6 is 11.8 Å². The second kappa shape index (κ2) is 8.55. The molecule has 4 rings (SSSR count). The highest BCUT2D eigenvalue weighted by atomic mass is 32.2. The Morgan fingerprint density at radius 2 is 1.59 bits per heavy atom. The fourth-order valence-electron chi connectivity index (χ4n) is 3.42. The van der Waals surface area contributed by atoms with E-state index in [2.05, 4.69) is 15.3 Å². The van der Waals surface area contributed by atoms with Crippen LogP contribution in [-0.2, 0) is 9.59 Å². The number of nitrogens with zero attached hydrogens (tertiary/aromatic N) is 3. The summed E-state index contributed by atoms with van der Waals surface area (Å²) in [4.78, 5) is 36.5. The molecule has 0 bridgehead atoms. The van der Waals surface area contributed by atoms with Crippen LogP contribution in [0.4, 0.5) is 15.8 Å². The average molecular weight is 449 g/mol. The molecular formula is C24H21FN4O2S. The molecule has 0 saturated carbocycles. The fraction of sp³-hybridized carbons (Fsp3) is 0.167. The molecule has 2 heterocycles. The van der Waals surface area contributed by atoms with Gasteiger partial charge in [-0.1, -0.05) is 24.3 Å². The van der Waals surface area contributed by atoms with Crippen LogP contribution in [0.5, 0.6) is 0 Å². The van der Waals surface area contributed by atoms with E-state index in [0.29, 0.717) is 10.8 Å². The number of rotatable bonds is 5. The zero-order valence-corrected chi connectivity index (χ0v) is 18.9. The normalized spacial score (nSPS) is 13.8. The van der Waals surface area contributed by atoms with Crippen LogP contribution in [0, 0.1) is 33.5 Å². The number of hydrogen-bond acceptors (Lipinski definition) is 6. The Hall–Kier alpha value is -3.52. The lowest BCUT2D eigenvalue weighted by atomic mass is 10.1. The molecule has 0 atom stereocenters. The van der Waals surface area contributed by atoms with Gasteiger partial charge in [0.2, 0.25) is 0 Å². The van der Waals surface area contributed by atoms with Crippen LogP contribution in [0.3, 0.4) is 0 Å². The molecule has 2 amide bonds. The van der Waals surface area contributed by atoms with Crippen molar-refractivity contribution in [2.45, 2.75) is 32.9 Å². The lowest BCUT2D eigenvalue weighted by Gasteiger charge is -2.16. The molecule has 1 aliphatic rings. The summed E-state index contributed by atoms with van der Waals surface area (Å²) in [7, 11) is 0. The number of amides is 2. The summed E-state index contributed by atoms with van der Waals surface area (Å²) in [5.74, 6) is -1.91. The van der Waals surface area contributed by atoms with Gasteiger partial charge in [-0.15, -0.1) is 0 Å². The predicted octanol–water partition coefficient (Wildman–Crippen LogP) is 4.84. The SMILES string of the molecule is Cc1cc(C)nc(SC2=C(Nc3cccc(C)c3C)C(=O)N(c3ccccc3F)C2=O)n1. The van der Waals surface area contributed by atoms with Gasteiger partial charge >= 0.3 is 0 Å². The number of halogens is 1. The van der Waals surface area contributed by atoms with Crippen molar-refractivity contribution in [1.29, 1.82) is 0 Å². The Labute approximate surface area is 189 Å². The maximum Gasteiger partial charge on any atom is 0.283 e. The molecule has 0 spiro atoms. The topological polar surface area (TPSA) is 75.2 Å². The highest BCUT2D eigenvalue weighted by molar-refractivity contribution is 8.04. The second-order valence-corrected chi connectivity index (χ2v) is 8.49. The maximum atomic E-state index is 14.5. The van der Waals surface area contributed by atoms with E-state index >= 15 is 0 Å². The zero-order chi connectivity index (χ0) is 23.0. The molecule has 1 N–H and O–H groups in total. The monoisotopic (exact) mass is 448 g/mol. The summed E-state index contributed by atoms with van der Waals surface area (Å²) < 4.78 is 14.5. The van der Waals surface area contributed by atoms with Gasteiger partial charge in [0, 0.05) is 17.1 Å². The van der Waals surface area contributed by atoms with Gasteiger partial charge < -0.3 is 5.32 Å². The van der Waals surface area contributed by atoms with Crippen molar-refractivity contribution in [3.63, 3.8) is 0 Å². The zero-order valence-electron chi connectivity index (χ0n) is 18.1. The lowest BCUT2D eigenvalue weighted by Crippen LogP contribution is -2.33. The van der Waals surface area contributed by atoms with E-state index in [1.54, 1.807) is 6.07 Å². The van der Waals surface area contributed by atoms with Gasteiger partial charge in [0.05, 0.1) is 5.69 Å². The van der Waals surface area contributed by atoms with Gasteiger partial charge in [-0.25, -0.2) is 19.3 Å². The van der Waals surface area contributed by atoms with Crippen molar-refractivity contribution in [2.24, 2.45) is 0 Å². The summed E-state index contributed by atoms with van der Waals surface area (Å²) in [5, 5.41) is 3.46. The molecule has 0 aliphatic carbocycles. The first kappa shape index (κ1) is 21.7. The number of benzene rings is 2. The molecule has 8 heteroatoms. The number of thioether (sulfide) groups is 1. The van der Waals surface area contributed by atoms with Crippen LogP contribution in [0.15, 0.2) is 64.3 Å². The number of imide groups is 1. The van der Waals surface area contributed by atoms with Crippen molar-refractivity contribution < 1.29 is 14.0 Å². The van der Waals surface area contributed by atoms with Gasteiger partial charge in [0.25, 0.3) is 11.8 Å². The number of nitrogens with one attached hydrogen (secondary N) is 1. The van der Waals surface area contributed by atoms with Gasteiger partial charge in [-0.2, -0.15) is 0 Å². The third kappa shape index (κ3) is 4.01. The van der Waals surface area contributed by atoms with E-state index in [1.807, 2.05) is 52.0 Å². The van der Waals surface area contributed by atoms with E-state index in [-0.39, 0.29) is 16.3 Å². The van der Waals surface area contributed by atoms with E-state index in [1.165, 1.54) is 18.2 Å². The molecule has 0 saturated heterocycles. The Kier molecular flexibility index (Phi) is 5.80. The standard InChI is InChI=1S/C24H21FN4O2S/c1-13-8-7-10-18(16(13)4)28-20-21(32-24-26-14(2)12-15(3)27-24)23(31)29(22(20)30)19-11-6-5-9-17(19)25/h5-12,28H,1-4H3. The van der Waals surface area contributed by atoms with Crippen LogP contribution in [0.25, 0.3) is 0 Å². The van der Waals surface area contributed by atoms with E-state index in [4.69, 9.17) is 0 Å². The van der Waals surface area contributed by atoms with Crippen molar-refractivity contribution in [3.05, 3.63) is 87.5 Å². The van der Waals surface area contributed by atoms with E-state index in [0.717, 1.165) is 39.2 Å². The highest BCUT2D eigenvalue weighted by Gasteiger charge is 2.41. The maximum absolute atomic E-state index is 14.5. The first-order chi connectivity index (χ1) is 15.3. The van der Waals surface area contributed by atoms with Crippen molar-refractivity contribution in [3.8, 4) is 0 Å². The molecule has 1 aliphatic heterocycles. The second-order valence-electron chi connectivity index (χ2n) is 7.51. The number of anilines is 2. The van der Waals surface area contributed by atoms with Crippen LogP contribution in [-0.4, -0.2) is 21.8 Å². The van der Waals surface area contributed by atoms with Gasteiger partial charge in [-0.05, 0) is 74.8 Å². The number of hydrogen-bond donors (Lipinski definition) is 1. The number of aryl methyl sites for hydroxylation is 3. The van der Waals surface area contributed by atoms with Crippen molar-refractivity contribution in [2.75, 3.05) is 10.2 Å². The summed E-state index contributed by atoms with van der Waals surface area (Å²) in [6.45, 7) is 7.54. The Bertz CT molecular complexity index is 1270. The summed E-state index contributed by atoms with van der Waals surface area (Å²) in [5.41, 5.74) is 4.12. The molecule has 32 heavy (non-hydrogen) atoms. The van der Waals surface area contributed by atoms with Crippen LogP contribution in [0.1, 0.15) is 22.5 Å². The Morgan fingerprint density at radius 1 is 0.906 bits per heavy atom. The summed E-state index contributed by atoms with van der Waals surface area (Å²) >= 11 is 0.993. The average Bonchev–Trinajstić information content (AvgIpc) is 2.95. The minimum atomic E-state index is -0.658. The molecule has 1 aromatic heterocycles. The lowest BCUT2D eigenvalue weighted by molar-refractivity contribution is -0.120. The Balaban J connectivity index is 1.81. The molecule has 162 valence electrons. The minimum Gasteiger partial charge on any atom is -0.350 e. The Morgan fingerprint density at radius 3 is 2.28 bits per heavy atom. The van der Waals surface area contributed by atoms with Crippen LogP contribution < -0.4 is 10.2 Å².